The fourth-order valence-corrected chi connectivity index (χ4v) is 3.97. The Morgan fingerprint density at radius 2 is 2.07 bits per heavy atom. The molecule has 142 valence electrons. The molecule has 0 spiro atoms. The Hall–Kier alpha value is -2.56. The van der Waals surface area contributed by atoms with Gasteiger partial charge in [0.2, 0.25) is 0 Å². The van der Waals surface area contributed by atoms with Crippen LogP contribution in [0.5, 0.6) is 0 Å². The van der Waals surface area contributed by atoms with Crippen molar-refractivity contribution in [3.8, 4) is 0 Å². The predicted octanol–water partition coefficient (Wildman–Crippen LogP) is 4.35. The normalized spacial score (nSPS) is 18.6. The first-order chi connectivity index (χ1) is 13.0. The molecule has 0 atom stereocenters. The van der Waals surface area contributed by atoms with Crippen LogP contribution in [-0.4, -0.2) is 34.3 Å². The van der Waals surface area contributed by atoms with Crippen LogP contribution in [0, 0.1) is 5.41 Å². The van der Waals surface area contributed by atoms with Crippen molar-refractivity contribution >= 4 is 11.7 Å². The fourth-order valence-electron chi connectivity index (χ4n) is 3.97. The minimum atomic E-state index is -0.250. The van der Waals surface area contributed by atoms with Crippen molar-refractivity contribution in [2.24, 2.45) is 5.41 Å². The van der Waals surface area contributed by atoms with Crippen molar-refractivity contribution in [2.45, 2.75) is 46.1 Å². The summed E-state index contributed by atoms with van der Waals surface area (Å²) in [5, 5.41) is 7.86. The standard InChI is InChI=1S/C22H27N3O2/c1-22(2)11-8-18-19(14-22)23-24-20(18)17-9-12-25(13-10-17)21(26)27-15-16-6-4-3-5-7-16/h3-7,9H,8,10-15H2,1-2H3,(H,23,24). The third kappa shape index (κ3) is 3.92. The number of hydrogen-bond donors (Lipinski definition) is 1. The van der Waals surface area contributed by atoms with E-state index in [1.54, 1.807) is 4.90 Å². The van der Waals surface area contributed by atoms with Gasteiger partial charge in [-0.1, -0.05) is 50.3 Å². The van der Waals surface area contributed by atoms with Crippen molar-refractivity contribution in [1.82, 2.24) is 15.1 Å². The largest absolute Gasteiger partial charge is 0.445 e. The number of carbonyl (C=O) groups excluding carboxylic acids is 1. The van der Waals surface area contributed by atoms with Crippen LogP contribution >= 0.6 is 0 Å². The molecule has 1 aliphatic carbocycles. The minimum absolute atomic E-state index is 0.250. The lowest BCUT2D eigenvalue weighted by Gasteiger charge is -2.30. The summed E-state index contributed by atoms with van der Waals surface area (Å²) in [6.07, 6.45) is 6.03. The Labute approximate surface area is 160 Å². The van der Waals surface area contributed by atoms with Crippen molar-refractivity contribution in [2.75, 3.05) is 13.1 Å². The van der Waals surface area contributed by atoms with Gasteiger partial charge < -0.3 is 9.64 Å². The zero-order valence-corrected chi connectivity index (χ0v) is 16.1. The van der Waals surface area contributed by atoms with Crippen molar-refractivity contribution < 1.29 is 9.53 Å². The van der Waals surface area contributed by atoms with Gasteiger partial charge in [-0.05, 0) is 42.2 Å². The second-order valence-corrected chi connectivity index (χ2v) is 8.34. The minimum Gasteiger partial charge on any atom is -0.445 e. The summed E-state index contributed by atoms with van der Waals surface area (Å²) in [5.41, 5.74) is 6.37. The zero-order chi connectivity index (χ0) is 18.9. The van der Waals surface area contributed by atoms with E-state index in [1.807, 2.05) is 30.3 Å². The second kappa shape index (κ2) is 7.22. The van der Waals surface area contributed by atoms with Crippen molar-refractivity contribution in [3.63, 3.8) is 0 Å². The van der Waals surface area contributed by atoms with Gasteiger partial charge in [0.15, 0.2) is 0 Å². The SMILES string of the molecule is CC1(C)CCc2c(C3=CCN(C(=O)OCc4ccccc4)CC3)n[nH]c2C1. The maximum atomic E-state index is 12.3. The van der Waals surface area contributed by atoms with E-state index in [2.05, 4.69) is 30.1 Å². The first-order valence-electron chi connectivity index (χ1n) is 9.73. The van der Waals surface area contributed by atoms with Crippen LogP contribution < -0.4 is 0 Å². The molecule has 4 rings (SSSR count). The van der Waals surface area contributed by atoms with Crippen LogP contribution in [0.2, 0.25) is 0 Å². The van der Waals surface area contributed by atoms with Crippen molar-refractivity contribution in [3.05, 3.63) is 58.9 Å². The van der Waals surface area contributed by atoms with Gasteiger partial charge in [0, 0.05) is 24.3 Å². The van der Waals surface area contributed by atoms with Crippen LogP contribution in [-0.2, 0) is 24.2 Å². The van der Waals surface area contributed by atoms with Crippen LogP contribution in [0.25, 0.3) is 5.57 Å². The Balaban J connectivity index is 1.38. The molecule has 0 fully saturated rings. The highest BCUT2D eigenvalue weighted by atomic mass is 16.6. The van der Waals surface area contributed by atoms with Gasteiger partial charge in [0.25, 0.3) is 0 Å². The van der Waals surface area contributed by atoms with E-state index in [1.165, 1.54) is 23.3 Å². The average molecular weight is 365 g/mol. The highest BCUT2D eigenvalue weighted by Gasteiger charge is 2.30. The van der Waals surface area contributed by atoms with Crippen LogP contribution in [0.1, 0.15) is 49.2 Å². The number of amides is 1. The second-order valence-electron chi connectivity index (χ2n) is 8.34. The molecule has 27 heavy (non-hydrogen) atoms. The number of fused-ring (bicyclic) bond motifs is 1. The number of benzene rings is 1. The lowest BCUT2D eigenvalue weighted by Crippen LogP contribution is -2.35. The highest BCUT2D eigenvalue weighted by Crippen LogP contribution is 2.37. The molecule has 2 aromatic rings. The van der Waals surface area contributed by atoms with Crippen LogP contribution in [0.15, 0.2) is 36.4 Å². The maximum absolute atomic E-state index is 12.3. The van der Waals surface area contributed by atoms with Gasteiger partial charge in [-0.25, -0.2) is 4.79 Å². The molecule has 0 unspecified atom stereocenters. The van der Waals surface area contributed by atoms with E-state index in [0.717, 1.165) is 30.5 Å². The third-order valence-corrected chi connectivity index (χ3v) is 5.64. The number of H-pyrrole nitrogens is 1. The molecule has 0 bridgehead atoms. The summed E-state index contributed by atoms with van der Waals surface area (Å²) in [6, 6.07) is 9.78. The Kier molecular flexibility index (Phi) is 4.77. The number of aromatic amines is 1. The van der Waals surface area contributed by atoms with E-state index in [4.69, 9.17) is 4.74 Å². The summed E-state index contributed by atoms with van der Waals surface area (Å²) in [5.74, 6) is 0. The molecule has 5 heteroatoms. The number of nitrogens with one attached hydrogen (secondary N) is 1. The molecular formula is C22H27N3O2. The molecule has 0 saturated heterocycles. The number of carbonyl (C=O) groups is 1. The molecule has 1 amide bonds. The van der Waals surface area contributed by atoms with E-state index in [9.17, 15) is 4.79 Å². The van der Waals surface area contributed by atoms with Crippen LogP contribution in [0.4, 0.5) is 4.79 Å². The Bertz CT molecular complexity index is 852. The average Bonchev–Trinajstić information content (AvgIpc) is 3.08. The van der Waals surface area contributed by atoms with Gasteiger partial charge in [-0.15, -0.1) is 0 Å². The molecular weight excluding hydrogens is 338 g/mol. The molecule has 0 radical (unpaired) electrons. The lowest BCUT2D eigenvalue weighted by molar-refractivity contribution is 0.0998. The molecule has 1 aromatic heterocycles. The van der Waals surface area contributed by atoms with Crippen LogP contribution in [0.3, 0.4) is 0 Å². The number of aromatic nitrogens is 2. The van der Waals surface area contributed by atoms with Gasteiger partial charge in [0.05, 0.1) is 5.69 Å². The summed E-state index contributed by atoms with van der Waals surface area (Å²) in [6.45, 7) is 6.20. The van der Waals surface area contributed by atoms with Gasteiger partial charge >= 0.3 is 6.09 Å². The molecule has 1 aliphatic heterocycles. The monoisotopic (exact) mass is 365 g/mol. The molecule has 1 N–H and O–H groups in total. The number of rotatable bonds is 3. The summed E-state index contributed by atoms with van der Waals surface area (Å²) >= 11 is 0. The maximum Gasteiger partial charge on any atom is 0.410 e. The van der Waals surface area contributed by atoms with E-state index < -0.39 is 0 Å². The predicted molar refractivity (Wildman–Crippen MR) is 105 cm³/mol. The number of ether oxygens (including phenoxy) is 1. The smallest absolute Gasteiger partial charge is 0.410 e. The summed E-state index contributed by atoms with van der Waals surface area (Å²) in [4.78, 5) is 14.1. The number of hydrogen-bond acceptors (Lipinski definition) is 3. The topological polar surface area (TPSA) is 58.2 Å². The van der Waals surface area contributed by atoms with Gasteiger partial charge in [0.1, 0.15) is 6.61 Å². The Morgan fingerprint density at radius 1 is 1.26 bits per heavy atom. The van der Waals surface area contributed by atoms with Gasteiger partial charge in [-0.3, -0.25) is 5.10 Å². The Morgan fingerprint density at radius 3 is 2.81 bits per heavy atom. The number of nitrogens with zero attached hydrogens (tertiary/aromatic N) is 2. The molecule has 2 aliphatic rings. The van der Waals surface area contributed by atoms with Crippen molar-refractivity contribution in [1.29, 1.82) is 0 Å². The molecule has 5 nitrogen and oxygen atoms in total. The first-order valence-corrected chi connectivity index (χ1v) is 9.73. The molecule has 0 saturated carbocycles. The first kappa shape index (κ1) is 17.8. The lowest BCUT2D eigenvalue weighted by atomic mass is 9.76. The molecule has 2 heterocycles. The quantitative estimate of drug-likeness (QED) is 0.880. The summed E-state index contributed by atoms with van der Waals surface area (Å²) in [7, 11) is 0. The van der Waals surface area contributed by atoms with E-state index in [-0.39, 0.29) is 6.09 Å². The van der Waals surface area contributed by atoms with E-state index >= 15 is 0 Å². The zero-order valence-electron chi connectivity index (χ0n) is 16.1. The third-order valence-electron chi connectivity index (χ3n) is 5.64. The highest BCUT2D eigenvalue weighted by molar-refractivity contribution is 5.72. The van der Waals surface area contributed by atoms with Gasteiger partial charge in [-0.2, -0.15) is 5.10 Å². The van der Waals surface area contributed by atoms with E-state index in [0.29, 0.717) is 25.1 Å². The fraction of sp³-hybridized carbons (Fsp3) is 0.455. The summed E-state index contributed by atoms with van der Waals surface area (Å²) < 4.78 is 5.44. The molecule has 1 aromatic carbocycles.